The van der Waals surface area contributed by atoms with E-state index in [1.807, 2.05) is 24.5 Å². The van der Waals surface area contributed by atoms with Crippen molar-refractivity contribution in [1.82, 2.24) is 9.88 Å². The van der Waals surface area contributed by atoms with Crippen LogP contribution in [0.4, 0.5) is 4.39 Å². The monoisotopic (exact) mass is 340 g/mol. The zero-order valence-corrected chi connectivity index (χ0v) is 14.4. The summed E-state index contributed by atoms with van der Waals surface area (Å²) in [7, 11) is 0. The fraction of sp³-hybridized carbons (Fsp3) is 0.476. The Morgan fingerprint density at radius 1 is 1.04 bits per heavy atom. The number of likely N-dealkylation sites (tertiary alicyclic amines) is 1. The van der Waals surface area contributed by atoms with Gasteiger partial charge in [-0.05, 0) is 79.5 Å². The number of nitrogens with zero attached hydrogens (tertiary/aromatic N) is 2. The number of aliphatic hydroxyl groups excluding tert-OH is 1. The van der Waals surface area contributed by atoms with E-state index in [2.05, 4.69) is 22.0 Å². The minimum atomic E-state index is -0.184. The van der Waals surface area contributed by atoms with Gasteiger partial charge in [0.2, 0.25) is 0 Å². The van der Waals surface area contributed by atoms with Gasteiger partial charge in [0.25, 0.3) is 0 Å². The highest BCUT2D eigenvalue weighted by Gasteiger charge is 2.41. The highest BCUT2D eigenvalue weighted by Crippen LogP contribution is 2.47. The lowest BCUT2D eigenvalue weighted by Gasteiger charge is -2.49. The molecule has 1 aromatic heterocycles. The first-order chi connectivity index (χ1) is 12.2. The van der Waals surface area contributed by atoms with Gasteiger partial charge < -0.3 is 5.11 Å². The molecular formula is C21H25FN2O. The van der Waals surface area contributed by atoms with E-state index < -0.39 is 0 Å². The molecule has 0 spiro atoms. The number of halogens is 1. The molecule has 1 saturated carbocycles. The molecule has 1 N–H and O–H groups in total. The second-order valence-corrected chi connectivity index (χ2v) is 7.50. The van der Waals surface area contributed by atoms with Crippen molar-refractivity contribution in [3.8, 4) is 0 Å². The first kappa shape index (κ1) is 16.7. The molecule has 132 valence electrons. The molecule has 0 radical (unpaired) electrons. The maximum Gasteiger partial charge on any atom is 0.123 e. The molecule has 0 bridgehead atoms. The summed E-state index contributed by atoms with van der Waals surface area (Å²) in [4.78, 5) is 6.64. The molecule has 3 nitrogen and oxygen atoms in total. The van der Waals surface area contributed by atoms with Crippen molar-refractivity contribution in [2.24, 2.45) is 11.8 Å². The molecule has 1 aliphatic carbocycles. The Kier molecular flexibility index (Phi) is 4.82. The number of pyridine rings is 1. The number of rotatable bonds is 3. The van der Waals surface area contributed by atoms with E-state index in [-0.39, 0.29) is 11.9 Å². The first-order valence-electron chi connectivity index (χ1n) is 9.27. The van der Waals surface area contributed by atoms with Crippen LogP contribution in [-0.4, -0.2) is 27.6 Å². The lowest BCUT2D eigenvalue weighted by atomic mass is 9.68. The molecule has 1 aliphatic heterocycles. The standard InChI is InChI=1S/C21H25FN2O/c22-18-3-1-16(2-4-18)21-20-6-5-19(25)13-17(20)9-12-24(21)14-15-7-10-23-11-8-15/h1-4,7-8,10-11,17,19-21,25H,5-6,9,12-14H2. The Bertz CT molecular complexity index is 691. The van der Waals surface area contributed by atoms with Crippen LogP contribution in [0.25, 0.3) is 0 Å². The minimum Gasteiger partial charge on any atom is -0.393 e. The van der Waals surface area contributed by atoms with E-state index in [0.717, 1.165) is 38.8 Å². The summed E-state index contributed by atoms with van der Waals surface area (Å²) in [6.45, 7) is 1.90. The van der Waals surface area contributed by atoms with Crippen LogP contribution >= 0.6 is 0 Å². The van der Waals surface area contributed by atoms with Crippen LogP contribution in [0.2, 0.25) is 0 Å². The van der Waals surface area contributed by atoms with Crippen LogP contribution in [0.5, 0.6) is 0 Å². The number of aliphatic hydroxyl groups is 1. The van der Waals surface area contributed by atoms with Crippen molar-refractivity contribution in [3.05, 3.63) is 65.7 Å². The Morgan fingerprint density at radius 2 is 1.80 bits per heavy atom. The van der Waals surface area contributed by atoms with Crippen LogP contribution in [0.1, 0.15) is 42.9 Å². The van der Waals surface area contributed by atoms with Crippen molar-refractivity contribution in [3.63, 3.8) is 0 Å². The van der Waals surface area contributed by atoms with E-state index in [4.69, 9.17) is 0 Å². The Morgan fingerprint density at radius 3 is 2.56 bits per heavy atom. The summed E-state index contributed by atoms with van der Waals surface area (Å²) in [5, 5.41) is 10.1. The van der Waals surface area contributed by atoms with Gasteiger partial charge in [-0.3, -0.25) is 9.88 Å². The van der Waals surface area contributed by atoms with Crippen molar-refractivity contribution in [1.29, 1.82) is 0 Å². The quantitative estimate of drug-likeness (QED) is 0.919. The van der Waals surface area contributed by atoms with Crippen LogP contribution in [0, 0.1) is 17.7 Å². The summed E-state index contributed by atoms with van der Waals surface area (Å²) >= 11 is 0. The third-order valence-electron chi connectivity index (χ3n) is 5.95. The van der Waals surface area contributed by atoms with Gasteiger partial charge >= 0.3 is 0 Å². The van der Waals surface area contributed by atoms with Crippen LogP contribution in [-0.2, 0) is 6.54 Å². The van der Waals surface area contributed by atoms with E-state index in [1.165, 1.54) is 11.1 Å². The van der Waals surface area contributed by atoms with Crippen molar-refractivity contribution in [2.45, 2.75) is 44.4 Å². The fourth-order valence-electron chi connectivity index (χ4n) is 4.77. The zero-order chi connectivity index (χ0) is 17.2. The maximum absolute atomic E-state index is 13.4. The number of hydrogen-bond donors (Lipinski definition) is 1. The van der Waals surface area contributed by atoms with Crippen molar-refractivity contribution < 1.29 is 9.50 Å². The smallest absolute Gasteiger partial charge is 0.123 e. The highest BCUT2D eigenvalue weighted by atomic mass is 19.1. The number of aromatic nitrogens is 1. The van der Waals surface area contributed by atoms with Crippen LogP contribution in [0.3, 0.4) is 0 Å². The van der Waals surface area contributed by atoms with Gasteiger partial charge in [0.15, 0.2) is 0 Å². The molecule has 1 saturated heterocycles. The summed E-state index contributed by atoms with van der Waals surface area (Å²) in [6.07, 6.45) is 7.48. The number of piperidine rings is 1. The second kappa shape index (κ2) is 7.22. The summed E-state index contributed by atoms with van der Waals surface area (Å²) in [6, 6.07) is 11.4. The minimum absolute atomic E-state index is 0.151. The van der Waals surface area contributed by atoms with E-state index in [9.17, 15) is 9.50 Å². The van der Waals surface area contributed by atoms with Crippen molar-refractivity contribution in [2.75, 3.05) is 6.54 Å². The van der Waals surface area contributed by atoms with Gasteiger partial charge in [-0.25, -0.2) is 4.39 Å². The van der Waals surface area contributed by atoms with Gasteiger partial charge in [-0.2, -0.15) is 0 Å². The zero-order valence-electron chi connectivity index (χ0n) is 14.4. The number of benzene rings is 1. The predicted octanol–water partition coefficient (Wildman–Crippen LogP) is 3.94. The molecular weight excluding hydrogens is 315 g/mol. The topological polar surface area (TPSA) is 36.4 Å². The van der Waals surface area contributed by atoms with E-state index in [1.54, 1.807) is 12.1 Å². The van der Waals surface area contributed by atoms with Gasteiger partial charge in [0.1, 0.15) is 5.82 Å². The summed E-state index contributed by atoms with van der Waals surface area (Å²) < 4.78 is 13.4. The fourth-order valence-corrected chi connectivity index (χ4v) is 4.77. The molecule has 2 aromatic rings. The van der Waals surface area contributed by atoms with Crippen LogP contribution in [0.15, 0.2) is 48.8 Å². The van der Waals surface area contributed by atoms with E-state index >= 15 is 0 Å². The van der Waals surface area contributed by atoms with Gasteiger partial charge in [0.05, 0.1) is 6.10 Å². The molecule has 4 atom stereocenters. The van der Waals surface area contributed by atoms with Crippen LogP contribution < -0.4 is 0 Å². The van der Waals surface area contributed by atoms with Gasteiger partial charge in [0, 0.05) is 25.0 Å². The van der Waals surface area contributed by atoms with E-state index in [0.29, 0.717) is 17.9 Å². The Balaban J connectivity index is 1.63. The molecule has 0 amide bonds. The molecule has 2 fully saturated rings. The second-order valence-electron chi connectivity index (χ2n) is 7.50. The number of hydrogen-bond acceptors (Lipinski definition) is 3. The third-order valence-corrected chi connectivity index (χ3v) is 5.95. The average Bonchev–Trinajstić information content (AvgIpc) is 2.63. The van der Waals surface area contributed by atoms with Crippen molar-refractivity contribution >= 4 is 0 Å². The Labute approximate surface area is 148 Å². The third kappa shape index (κ3) is 3.60. The summed E-state index contributed by atoms with van der Waals surface area (Å²) in [5.74, 6) is 0.910. The van der Waals surface area contributed by atoms with Gasteiger partial charge in [-0.15, -0.1) is 0 Å². The highest BCUT2D eigenvalue weighted by molar-refractivity contribution is 5.23. The lowest BCUT2D eigenvalue weighted by Crippen LogP contribution is -2.46. The Hall–Kier alpha value is -1.78. The summed E-state index contributed by atoms with van der Waals surface area (Å²) in [5.41, 5.74) is 2.46. The van der Waals surface area contributed by atoms with Gasteiger partial charge in [-0.1, -0.05) is 12.1 Å². The molecule has 2 aliphatic rings. The molecule has 2 heterocycles. The largest absolute Gasteiger partial charge is 0.393 e. The normalized spacial score (nSPS) is 30.0. The molecule has 4 rings (SSSR count). The molecule has 4 unspecified atom stereocenters. The predicted molar refractivity (Wildman–Crippen MR) is 95.2 cm³/mol. The number of fused-ring (bicyclic) bond motifs is 1. The average molecular weight is 340 g/mol. The first-order valence-corrected chi connectivity index (χ1v) is 9.27. The molecule has 1 aromatic carbocycles. The molecule has 4 heteroatoms. The lowest BCUT2D eigenvalue weighted by molar-refractivity contribution is -0.0223. The maximum atomic E-state index is 13.4. The molecule has 25 heavy (non-hydrogen) atoms. The SMILES string of the molecule is OC1CCC2C(CCN(Cc3ccncc3)C2c2ccc(F)cc2)C1.